The van der Waals surface area contributed by atoms with Crippen molar-refractivity contribution in [3.8, 4) is 11.6 Å². The number of furan rings is 1. The summed E-state index contributed by atoms with van der Waals surface area (Å²) in [6, 6.07) is 3.67. The second kappa shape index (κ2) is 6.85. The fourth-order valence-corrected chi connectivity index (χ4v) is 2.19. The van der Waals surface area contributed by atoms with Crippen LogP contribution in [0.4, 0.5) is 5.82 Å². The van der Waals surface area contributed by atoms with E-state index in [0.29, 0.717) is 18.2 Å². The number of halogens is 1. The van der Waals surface area contributed by atoms with E-state index < -0.39 is 0 Å². The number of rotatable bonds is 6. The summed E-state index contributed by atoms with van der Waals surface area (Å²) in [7, 11) is 1.66. The topological polar surface area (TPSA) is 60.2 Å². The molecule has 0 fully saturated rings. The summed E-state index contributed by atoms with van der Waals surface area (Å²) in [5, 5.41) is 3.31. The van der Waals surface area contributed by atoms with Crippen molar-refractivity contribution in [3.63, 3.8) is 0 Å². The summed E-state index contributed by atoms with van der Waals surface area (Å²) < 4.78 is 11.5. The Morgan fingerprint density at radius 1 is 1.42 bits per heavy atom. The first-order valence-electron chi connectivity index (χ1n) is 6.09. The molecule has 2 heterocycles. The monoisotopic (exact) mass is 373 g/mol. The number of aromatic nitrogens is 2. The summed E-state index contributed by atoms with van der Waals surface area (Å²) in [5.74, 6) is 2.07. The van der Waals surface area contributed by atoms with Gasteiger partial charge in [-0.1, -0.05) is 6.92 Å². The van der Waals surface area contributed by atoms with Crippen LogP contribution in [-0.2, 0) is 11.3 Å². The highest BCUT2D eigenvalue weighted by Gasteiger charge is 2.14. The van der Waals surface area contributed by atoms with Crippen LogP contribution in [0, 0.1) is 3.57 Å². The number of hydrogen-bond acceptors (Lipinski definition) is 5. The van der Waals surface area contributed by atoms with Gasteiger partial charge < -0.3 is 14.5 Å². The van der Waals surface area contributed by atoms with Gasteiger partial charge in [0.25, 0.3) is 0 Å². The van der Waals surface area contributed by atoms with Gasteiger partial charge in [-0.2, -0.15) is 0 Å². The number of nitrogens with one attached hydrogen (secondary N) is 1. The third-order valence-electron chi connectivity index (χ3n) is 2.48. The molecule has 0 aromatic carbocycles. The van der Waals surface area contributed by atoms with E-state index in [4.69, 9.17) is 9.15 Å². The molecule has 0 bridgehead atoms. The molecule has 6 heteroatoms. The Bertz CT molecular complexity index is 529. The zero-order chi connectivity index (χ0) is 13.7. The van der Waals surface area contributed by atoms with Crippen LogP contribution in [0.25, 0.3) is 11.6 Å². The molecule has 1 N–H and O–H groups in total. The molecular weight excluding hydrogens is 357 g/mol. The standard InChI is InChI=1S/C13H16IN3O2/c1-3-6-15-13-11(14)9(8-18-2)16-12(17-13)10-5-4-7-19-10/h4-5,7H,3,6,8H2,1-2H3,(H,15,16,17). The molecule has 0 unspecified atom stereocenters. The first kappa shape index (κ1) is 14.3. The smallest absolute Gasteiger partial charge is 0.198 e. The van der Waals surface area contributed by atoms with Crippen LogP contribution in [0.5, 0.6) is 0 Å². The maximum atomic E-state index is 5.36. The van der Waals surface area contributed by atoms with Crippen molar-refractivity contribution >= 4 is 28.4 Å². The molecule has 2 aromatic rings. The molecule has 0 radical (unpaired) electrons. The van der Waals surface area contributed by atoms with Crippen molar-refractivity contribution in [1.29, 1.82) is 0 Å². The number of ether oxygens (including phenoxy) is 1. The van der Waals surface area contributed by atoms with Gasteiger partial charge in [-0.3, -0.25) is 0 Å². The van der Waals surface area contributed by atoms with E-state index in [0.717, 1.165) is 28.0 Å². The van der Waals surface area contributed by atoms with Crippen molar-refractivity contribution in [2.75, 3.05) is 19.0 Å². The van der Waals surface area contributed by atoms with E-state index in [1.165, 1.54) is 0 Å². The molecule has 0 aliphatic rings. The van der Waals surface area contributed by atoms with Gasteiger partial charge in [0.15, 0.2) is 11.6 Å². The number of nitrogens with zero attached hydrogens (tertiary/aromatic N) is 2. The van der Waals surface area contributed by atoms with Crippen LogP contribution in [0.3, 0.4) is 0 Å². The predicted octanol–water partition coefficient (Wildman–Crippen LogP) is 3.31. The number of methoxy groups -OCH3 is 1. The average molecular weight is 373 g/mol. The molecule has 0 aliphatic heterocycles. The Kier molecular flexibility index (Phi) is 5.15. The molecule has 5 nitrogen and oxygen atoms in total. The molecule has 19 heavy (non-hydrogen) atoms. The van der Waals surface area contributed by atoms with Gasteiger partial charge in [0.2, 0.25) is 0 Å². The molecule has 0 spiro atoms. The van der Waals surface area contributed by atoms with Crippen molar-refractivity contribution in [3.05, 3.63) is 27.7 Å². The molecule has 0 saturated heterocycles. The lowest BCUT2D eigenvalue weighted by atomic mass is 10.3. The second-order valence-electron chi connectivity index (χ2n) is 3.99. The molecular formula is C13H16IN3O2. The van der Waals surface area contributed by atoms with Gasteiger partial charge in [0.05, 0.1) is 22.1 Å². The van der Waals surface area contributed by atoms with Crippen molar-refractivity contribution in [2.45, 2.75) is 20.0 Å². The molecule has 102 valence electrons. The number of anilines is 1. The highest BCUT2D eigenvalue weighted by atomic mass is 127. The molecule has 2 aromatic heterocycles. The van der Waals surface area contributed by atoms with Gasteiger partial charge >= 0.3 is 0 Å². The third-order valence-corrected chi connectivity index (χ3v) is 3.62. The Balaban J connectivity index is 2.41. The third kappa shape index (κ3) is 3.44. The van der Waals surface area contributed by atoms with Crippen molar-refractivity contribution < 1.29 is 9.15 Å². The van der Waals surface area contributed by atoms with Gasteiger partial charge in [0.1, 0.15) is 5.82 Å². The van der Waals surface area contributed by atoms with Gasteiger partial charge in [-0.25, -0.2) is 9.97 Å². The first-order chi connectivity index (χ1) is 9.26. The van der Waals surface area contributed by atoms with Crippen molar-refractivity contribution in [2.24, 2.45) is 0 Å². The molecule has 0 aliphatic carbocycles. The maximum Gasteiger partial charge on any atom is 0.198 e. The number of hydrogen-bond donors (Lipinski definition) is 1. The largest absolute Gasteiger partial charge is 0.461 e. The van der Waals surface area contributed by atoms with Crippen LogP contribution in [0.15, 0.2) is 22.8 Å². The van der Waals surface area contributed by atoms with E-state index in [9.17, 15) is 0 Å². The Labute approximate surface area is 125 Å². The summed E-state index contributed by atoms with van der Waals surface area (Å²) >= 11 is 2.24. The maximum absolute atomic E-state index is 5.36. The van der Waals surface area contributed by atoms with Crippen LogP contribution in [-0.4, -0.2) is 23.6 Å². The van der Waals surface area contributed by atoms with Crippen LogP contribution < -0.4 is 5.32 Å². The SMILES string of the molecule is CCCNc1nc(-c2ccco2)nc(COC)c1I. The van der Waals surface area contributed by atoms with Crippen LogP contribution >= 0.6 is 22.6 Å². The minimum Gasteiger partial charge on any atom is -0.461 e. The van der Waals surface area contributed by atoms with Crippen LogP contribution in [0.1, 0.15) is 19.0 Å². The lowest BCUT2D eigenvalue weighted by Gasteiger charge is -2.11. The Hall–Kier alpha value is -1.15. The fourth-order valence-electron chi connectivity index (χ4n) is 1.60. The summed E-state index contributed by atoms with van der Waals surface area (Å²) in [4.78, 5) is 9.01. The summed E-state index contributed by atoms with van der Waals surface area (Å²) in [5.41, 5.74) is 0.864. The average Bonchev–Trinajstić information content (AvgIpc) is 2.94. The van der Waals surface area contributed by atoms with Gasteiger partial charge in [-0.05, 0) is 41.1 Å². The Morgan fingerprint density at radius 2 is 2.26 bits per heavy atom. The predicted molar refractivity (Wildman–Crippen MR) is 81.9 cm³/mol. The highest BCUT2D eigenvalue weighted by Crippen LogP contribution is 2.24. The molecule has 0 saturated carbocycles. The van der Waals surface area contributed by atoms with E-state index in [1.807, 2.05) is 12.1 Å². The lowest BCUT2D eigenvalue weighted by molar-refractivity contribution is 0.181. The van der Waals surface area contributed by atoms with Gasteiger partial charge in [0, 0.05) is 13.7 Å². The van der Waals surface area contributed by atoms with Gasteiger partial charge in [-0.15, -0.1) is 0 Å². The van der Waals surface area contributed by atoms with E-state index in [2.05, 4.69) is 44.8 Å². The minimum atomic E-state index is 0.454. The minimum absolute atomic E-state index is 0.454. The Morgan fingerprint density at radius 3 is 2.89 bits per heavy atom. The molecule has 0 amide bonds. The quantitative estimate of drug-likeness (QED) is 0.788. The van der Waals surface area contributed by atoms with Crippen LogP contribution in [0.2, 0.25) is 0 Å². The lowest BCUT2D eigenvalue weighted by Crippen LogP contribution is -2.09. The van der Waals surface area contributed by atoms with Crippen molar-refractivity contribution in [1.82, 2.24) is 9.97 Å². The molecule has 0 atom stereocenters. The fraction of sp³-hybridized carbons (Fsp3) is 0.385. The van der Waals surface area contributed by atoms with E-state index >= 15 is 0 Å². The van der Waals surface area contributed by atoms with E-state index in [-0.39, 0.29) is 0 Å². The normalized spacial score (nSPS) is 10.7. The molecule has 2 rings (SSSR count). The second-order valence-corrected chi connectivity index (χ2v) is 5.07. The first-order valence-corrected chi connectivity index (χ1v) is 7.17. The zero-order valence-electron chi connectivity index (χ0n) is 10.9. The summed E-state index contributed by atoms with van der Waals surface area (Å²) in [6.45, 7) is 3.44. The summed E-state index contributed by atoms with van der Waals surface area (Å²) in [6.07, 6.45) is 2.65. The van der Waals surface area contributed by atoms with E-state index in [1.54, 1.807) is 13.4 Å². The zero-order valence-corrected chi connectivity index (χ0v) is 13.1. The highest BCUT2D eigenvalue weighted by molar-refractivity contribution is 14.1.